The fourth-order valence-electron chi connectivity index (χ4n) is 2.78. The monoisotopic (exact) mass is 385 g/mol. The maximum Gasteiger partial charge on any atom is 0.319 e. The van der Waals surface area contributed by atoms with Crippen LogP contribution in [-0.4, -0.2) is 34.1 Å². The quantitative estimate of drug-likeness (QED) is 0.570. The highest BCUT2D eigenvalue weighted by molar-refractivity contribution is 8.01. The van der Waals surface area contributed by atoms with Crippen LogP contribution in [0.5, 0.6) is 11.6 Å². The summed E-state index contributed by atoms with van der Waals surface area (Å²) in [6.45, 7) is 4.56. The van der Waals surface area contributed by atoms with Gasteiger partial charge in [0.15, 0.2) is 5.88 Å². The number of nitrogens with zero attached hydrogens (tertiary/aromatic N) is 1. The van der Waals surface area contributed by atoms with E-state index < -0.39 is 10.7 Å². The molecular formula is C21H23NO4S. The van der Waals surface area contributed by atoms with Crippen LogP contribution in [-0.2, 0) is 11.3 Å². The van der Waals surface area contributed by atoms with Gasteiger partial charge in [-0.2, -0.15) is 0 Å². The second-order valence-corrected chi connectivity index (χ2v) is 8.33. The van der Waals surface area contributed by atoms with E-state index in [1.165, 1.54) is 11.8 Å². The minimum absolute atomic E-state index is 0.502. The molecule has 0 fully saturated rings. The minimum Gasteiger partial charge on any atom is -0.492 e. The molecule has 0 unspecified atom stereocenters. The number of carboxylic acid groups (broad SMARTS) is 1. The molecule has 0 aliphatic carbocycles. The van der Waals surface area contributed by atoms with Crippen molar-refractivity contribution >= 4 is 28.6 Å². The Kier molecular flexibility index (Phi) is 5.65. The summed E-state index contributed by atoms with van der Waals surface area (Å²) in [7, 11) is 1.67. The van der Waals surface area contributed by atoms with E-state index in [0.29, 0.717) is 13.2 Å². The molecule has 3 rings (SSSR count). The third kappa shape index (κ3) is 4.39. The highest BCUT2D eigenvalue weighted by Gasteiger charge is 2.28. The van der Waals surface area contributed by atoms with Crippen LogP contribution in [0.3, 0.4) is 0 Å². The molecule has 1 aromatic heterocycles. The highest BCUT2D eigenvalue weighted by atomic mass is 32.2. The lowest BCUT2D eigenvalue weighted by atomic mass is 10.2. The summed E-state index contributed by atoms with van der Waals surface area (Å²) < 4.78 is 12.6. The lowest BCUT2D eigenvalue weighted by Gasteiger charge is -2.18. The summed E-state index contributed by atoms with van der Waals surface area (Å²) in [5.74, 6) is 0.728. The van der Waals surface area contributed by atoms with E-state index in [1.54, 1.807) is 21.0 Å². The summed E-state index contributed by atoms with van der Waals surface area (Å²) in [5.41, 5.74) is 1.11. The van der Waals surface area contributed by atoms with Crippen molar-refractivity contribution in [3.8, 4) is 11.6 Å². The predicted octanol–water partition coefficient (Wildman–Crippen LogP) is 4.68. The van der Waals surface area contributed by atoms with Crippen LogP contribution in [0.1, 0.15) is 13.8 Å². The van der Waals surface area contributed by atoms with Crippen LogP contribution in [0.15, 0.2) is 59.5 Å². The Morgan fingerprint density at radius 3 is 2.52 bits per heavy atom. The van der Waals surface area contributed by atoms with E-state index in [1.807, 2.05) is 42.5 Å². The van der Waals surface area contributed by atoms with Gasteiger partial charge in [-0.25, -0.2) is 0 Å². The number of aliphatic carboxylic acids is 1. The molecule has 5 nitrogen and oxygen atoms in total. The van der Waals surface area contributed by atoms with Crippen molar-refractivity contribution in [1.82, 2.24) is 4.57 Å². The Hall–Kier alpha value is -2.60. The summed E-state index contributed by atoms with van der Waals surface area (Å²) in [5, 5.41) is 10.4. The predicted molar refractivity (Wildman–Crippen MR) is 108 cm³/mol. The van der Waals surface area contributed by atoms with E-state index in [4.69, 9.17) is 9.47 Å². The average molecular weight is 385 g/mol. The van der Waals surface area contributed by atoms with E-state index in [-0.39, 0.29) is 0 Å². The normalized spacial score (nSPS) is 11.5. The molecule has 142 valence electrons. The molecule has 0 radical (unpaired) electrons. The maximum atomic E-state index is 11.2. The van der Waals surface area contributed by atoms with Gasteiger partial charge in [0.25, 0.3) is 0 Å². The molecule has 0 atom stereocenters. The number of hydrogen-bond acceptors (Lipinski definition) is 4. The van der Waals surface area contributed by atoms with Gasteiger partial charge >= 0.3 is 5.97 Å². The molecule has 0 saturated heterocycles. The van der Waals surface area contributed by atoms with Crippen molar-refractivity contribution in [3.05, 3.63) is 54.6 Å². The number of aromatic nitrogens is 1. The Labute approximate surface area is 162 Å². The zero-order valence-electron chi connectivity index (χ0n) is 15.6. The average Bonchev–Trinajstić information content (AvgIpc) is 3.01. The standard InChI is InChI=1S/C21H23NO4S/c1-21(2,20(23)24)27-17-10-8-16(9-11-17)26-13-12-22-18-7-5-4-6-15(18)14-19(22)25-3/h4-11,14H,12-13H2,1-3H3,(H,23,24). The van der Waals surface area contributed by atoms with Gasteiger partial charge in [-0.05, 0) is 44.2 Å². The van der Waals surface area contributed by atoms with Crippen molar-refractivity contribution in [2.24, 2.45) is 0 Å². The maximum absolute atomic E-state index is 11.2. The smallest absolute Gasteiger partial charge is 0.319 e. The molecule has 3 aromatic rings. The number of fused-ring (bicyclic) bond motifs is 1. The molecular weight excluding hydrogens is 362 g/mol. The summed E-state index contributed by atoms with van der Waals surface area (Å²) >= 11 is 1.32. The van der Waals surface area contributed by atoms with Gasteiger partial charge in [-0.3, -0.25) is 4.79 Å². The Morgan fingerprint density at radius 1 is 1.15 bits per heavy atom. The lowest BCUT2D eigenvalue weighted by Crippen LogP contribution is -2.26. The van der Waals surface area contributed by atoms with Crippen LogP contribution in [0.4, 0.5) is 0 Å². The van der Waals surface area contributed by atoms with Crippen molar-refractivity contribution < 1.29 is 19.4 Å². The second-order valence-electron chi connectivity index (χ2n) is 6.63. The zero-order chi connectivity index (χ0) is 19.4. The molecule has 0 aliphatic rings. The van der Waals surface area contributed by atoms with Gasteiger partial charge in [-0.1, -0.05) is 18.2 Å². The molecule has 0 saturated carbocycles. The molecule has 2 aromatic carbocycles. The number of thioether (sulfide) groups is 1. The molecule has 1 heterocycles. The minimum atomic E-state index is -0.867. The van der Waals surface area contributed by atoms with Crippen molar-refractivity contribution in [3.63, 3.8) is 0 Å². The molecule has 1 N–H and O–H groups in total. The van der Waals surface area contributed by atoms with E-state index >= 15 is 0 Å². The van der Waals surface area contributed by atoms with Crippen LogP contribution in [0.2, 0.25) is 0 Å². The number of ether oxygens (including phenoxy) is 2. The first kappa shape index (κ1) is 19.2. The fraction of sp³-hybridized carbons (Fsp3) is 0.286. The Balaban J connectivity index is 1.62. The van der Waals surface area contributed by atoms with Crippen LogP contribution < -0.4 is 9.47 Å². The third-order valence-electron chi connectivity index (χ3n) is 4.28. The highest BCUT2D eigenvalue weighted by Crippen LogP contribution is 2.33. The van der Waals surface area contributed by atoms with Gasteiger partial charge in [-0.15, -0.1) is 11.8 Å². The molecule has 0 spiro atoms. The Morgan fingerprint density at radius 2 is 1.85 bits per heavy atom. The first-order valence-electron chi connectivity index (χ1n) is 8.68. The van der Waals surface area contributed by atoms with Gasteiger partial charge in [0, 0.05) is 16.3 Å². The van der Waals surface area contributed by atoms with Crippen LogP contribution in [0.25, 0.3) is 10.9 Å². The number of carboxylic acids is 1. The number of para-hydroxylation sites is 1. The molecule has 27 heavy (non-hydrogen) atoms. The van der Waals surface area contributed by atoms with Crippen molar-refractivity contribution in [2.45, 2.75) is 30.0 Å². The van der Waals surface area contributed by atoms with E-state index in [0.717, 1.165) is 27.4 Å². The zero-order valence-corrected chi connectivity index (χ0v) is 16.5. The molecule has 0 aliphatic heterocycles. The van der Waals surface area contributed by atoms with Gasteiger partial charge < -0.3 is 19.1 Å². The first-order valence-corrected chi connectivity index (χ1v) is 9.50. The fourth-order valence-corrected chi connectivity index (χ4v) is 3.73. The largest absolute Gasteiger partial charge is 0.492 e. The van der Waals surface area contributed by atoms with Gasteiger partial charge in [0.05, 0.1) is 19.2 Å². The van der Waals surface area contributed by atoms with E-state index in [2.05, 4.69) is 16.7 Å². The number of benzene rings is 2. The van der Waals surface area contributed by atoms with Crippen LogP contribution >= 0.6 is 11.8 Å². The summed E-state index contributed by atoms with van der Waals surface area (Å²) in [6.07, 6.45) is 0. The van der Waals surface area contributed by atoms with Gasteiger partial charge in [0.1, 0.15) is 17.1 Å². The Bertz CT molecular complexity index is 931. The third-order valence-corrected chi connectivity index (χ3v) is 5.47. The molecule has 0 amide bonds. The van der Waals surface area contributed by atoms with Crippen molar-refractivity contribution in [1.29, 1.82) is 0 Å². The number of rotatable bonds is 8. The number of carbonyl (C=O) groups is 1. The summed E-state index contributed by atoms with van der Waals surface area (Å²) in [6, 6.07) is 17.7. The number of methoxy groups -OCH3 is 1. The molecule has 6 heteroatoms. The lowest BCUT2D eigenvalue weighted by molar-refractivity contribution is -0.138. The first-order chi connectivity index (χ1) is 12.9. The summed E-state index contributed by atoms with van der Waals surface area (Å²) in [4.78, 5) is 12.1. The molecule has 0 bridgehead atoms. The van der Waals surface area contributed by atoms with Gasteiger partial charge in [0.2, 0.25) is 0 Å². The second kappa shape index (κ2) is 7.96. The van der Waals surface area contributed by atoms with Crippen LogP contribution in [0, 0.1) is 0 Å². The SMILES string of the molecule is COc1cc2ccccc2n1CCOc1ccc(SC(C)(C)C(=O)O)cc1. The van der Waals surface area contributed by atoms with Crippen molar-refractivity contribution in [2.75, 3.05) is 13.7 Å². The topological polar surface area (TPSA) is 60.7 Å². The van der Waals surface area contributed by atoms with E-state index in [9.17, 15) is 9.90 Å². The number of hydrogen-bond donors (Lipinski definition) is 1.